The molecule has 0 amide bonds. The molecule has 0 saturated heterocycles. The van der Waals surface area contributed by atoms with Gasteiger partial charge in [0.05, 0.1) is 27.6 Å². The van der Waals surface area contributed by atoms with Crippen molar-refractivity contribution in [2.24, 2.45) is 0 Å². The maximum absolute atomic E-state index is 6.01. The Hall–Kier alpha value is -4.61. The molecule has 44 heavy (non-hydrogen) atoms. The lowest BCUT2D eigenvalue weighted by atomic mass is 9.43. The third-order valence-corrected chi connectivity index (χ3v) is 10.7. The molecule has 6 aromatic rings. The Morgan fingerprint density at radius 1 is 0.705 bits per heavy atom. The highest BCUT2D eigenvalue weighted by atomic mass is 28.2. The minimum Gasteiger partial charge on any atom is -0.494 e. The molecule has 0 unspecified atom stereocenters. The summed E-state index contributed by atoms with van der Waals surface area (Å²) >= 11 is 0. The Morgan fingerprint density at radius 3 is 1.75 bits per heavy atom. The summed E-state index contributed by atoms with van der Waals surface area (Å²) in [6, 6.07) is 51.5. The van der Waals surface area contributed by atoms with Gasteiger partial charge in [0.1, 0.15) is 5.75 Å². The Labute approximate surface area is 265 Å². The van der Waals surface area contributed by atoms with Gasteiger partial charge in [-0.1, -0.05) is 170 Å². The predicted molar refractivity (Wildman–Crippen MR) is 190 cm³/mol. The molecule has 0 N–H and O–H groups in total. The van der Waals surface area contributed by atoms with Crippen LogP contribution >= 0.6 is 0 Å². The Kier molecular flexibility index (Phi) is 11.0. The van der Waals surface area contributed by atoms with Gasteiger partial charge in [-0.25, -0.2) is 4.98 Å². The lowest BCUT2D eigenvalue weighted by Gasteiger charge is -2.37. The first kappa shape index (κ1) is 30.8. The monoisotopic (exact) mass is 592 g/mol. The van der Waals surface area contributed by atoms with Crippen LogP contribution in [0.2, 0.25) is 6.82 Å². The molecular formula is C39H41BN2OSi. The van der Waals surface area contributed by atoms with Crippen molar-refractivity contribution < 1.29 is 4.74 Å². The Balaban J connectivity index is 0.000000229. The van der Waals surface area contributed by atoms with E-state index < -0.39 is 9.52 Å². The molecule has 1 aromatic heterocycles. The molecule has 0 spiro atoms. The van der Waals surface area contributed by atoms with Crippen molar-refractivity contribution in [3.8, 4) is 5.75 Å². The minimum absolute atomic E-state index is 0.263. The van der Waals surface area contributed by atoms with E-state index in [0.717, 1.165) is 25.2 Å². The van der Waals surface area contributed by atoms with E-state index in [0.29, 0.717) is 6.71 Å². The second kappa shape index (κ2) is 15.7. The molecule has 0 saturated carbocycles. The fraction of sp³-hybridized carbons (Fsp3) is 0.154. The number of benzene rings is 5. The average molecular weight is 593 g/mol. The summed E-state index contributed by atoms with van der Waals surface area (Å²) in [6.07, 6.45) is 8.14. The van der Waals surface area contributed by atoms with E-state index in [4.69, 9.17) is 4.74 Å². The first-order valence-corrected chi connectivity index (χ1v) is 17.0. The van der Waals surface area contributed by atoms with Crippen LogP contribution in [0.15, 0.2) is 164 Å². The molecule has 0 fully saturated rings. The average Bonchev–Trinajstić information content (AvgIpc) is 3.65. The molecule has 0 aliphatic carbocycles. The van der Waals surface area contributed by atoms with E-state index >= 15 is 0 Å². The summed E-state index contributed by atoms with van der Waals surface area (Å²) in [5.41, 5.74) is 5.33. The standard InChI is InChI=1S/C26H28N2OSi.C13H13B/c1-2-3-19-29-24-15-10-16-25(20-24)30-26(28-18-17-27-21-28,22-11-6-4-7-12-22)23-13-8-5-9-14-23;1-14(12-8-4-2-5-9-12)13-10-6-3-7-11-13/h4-18,20-21H,2-3,19,30H2,1H3;2-11H,1H3. The van der Waals surface area contributed by atoms with E-state index in [1.807, 2.05) is 12.5 Å². The lowest BCUT2D eigenvalue weighted by molar-refractivity contribution is 0.309. The van der Waals surface area contributed by atoms with Crippen LogP contribution in [0.3, 0.4) is 0 Å². The van der Waals surface area contributed by atoms with Crippen molar-refractivity contribution in [3.63, 3.8) is 0 Å². The number of aromatic nitrogens is 2. The highest BCUT2D eigenvalue weighted by Crippen LogP contribution is 2.33. The zero-order valence-corrected chi connectivity index (χ0v) is 27.2. The lowest BCUT2D eigenvalue weighted by Crippen LogP contribution is -2.46. The second-order valence-electron chi connectivity index (χ2n) is 11.1. The summed E-state index contributed by atoms with van der Waals surface area (Å²) in [4.78, 5) is 4.41. The van der Waals surface area contributed by atoms with Gasteiger partial charge in [0.25, 0.3) is 0 Å². The molecule has 0 aliphatic rings. The highest BCUT2D eigenvalue weighted by molar-refractivity contribution is 6.84. The largest absolute Gasteiger partial charge is 0.494 e. The van der Waals surface area contributed by atoms with Gasteiger partial charge in [0, 0.05) is 12.4 Å². The molecule has 0 radical (unpaired) electrons. The topological polar surface area (TPSA) is 27.1 Å². The summed E-state index contributed by atoms with van der Waals surface area (Å²) in [7, 11) is -0.877. The molecule has 220 valence electrons. The fourth-order valence-corrected chi connectivity index (χ4v) is 8.12. The van der Waals surface area contributed by atoms with Gasteiger partial charge in [-0.3, -0.25) is 0 Å². The van der Waals surface area contributed by atoms with Crippen molar-refractivity contribution in [1.82, 2.24) is 9.55 Å². The minimum atomic E-state index is -0.877. The van der Waals surface area contributed by atoms with E-state index in [9.17, 15) is 0 Å². The third-order valence-electron chi connectivity index (χ3n) is 8.17. The van der Waals surface area contributed by atoms with E-state index in [1.54, 1.807) is 0 Å². The zero-order valence-electron chi connectivity index (χ0n) is 25.8. The van der Waals surface area contributed by atoms with Crippen LogP contribution in [0.1, 0.15) is 30.9 Å². The van der Waals surface area contributed by atoms with Crippen LogP contribution in [0.25, 0.3) is 0 Å². The van der Waals surface area contributed by atoms with Crippen LogP contribution in [0, 0.1) is 0 Å². The Morgan fingerprint density at radius 2 is 1.25 bits per heavy atom. The number of imidazole rings is 1. The van der Waals surface area contributed by atoms with Crippen molar-refractivity contribution in [2.75, 3.05) is 6.61 Å². The molecule has 0 aliphatic heterocycles. The maximum atomic E-state index is 6.01. The van der Waals surface area contributed by atoms with Crippen molar-refractivity contribution in [3.05, 3.63) is 175 Å². The smallest absolute Gasteiger partial charge is 0.206 e. The van der Waals surface area contributed by atoms with Crippen molar-refractivity contribution >= 4 is 32.3 Å². The quantitative estimate of drug-likeness (QED) is 0.132. The number of hydrogen-bond donors (Lipinski definition) is 0. The summed E-state index contributed by atoms with van der Waals surface area (Å²) < 4.78 is 8.29. The van der Waals surface area contributed by atoms with Gasteiger partial charge in [0.15, 0.2) is 0 Å². The number of rotatable bonds is 11. The summed E-state index contributed by atoms with van der Waals surface area (Å²) in [5.74, 6) is 0.967. The van der Waals surface area contributed by atoms with E-state index in [2.05, 4.69) is 175 Å². The maximum Gasteiger partial charge on any atom is 0.206 e. The van der Waals surface area contributed by atoms with Crippen LogP contribution < -0.4 is 20.8 Å². The molecule has 0 atom stereocenters. The van der Waals surface area contributed by atoms with Crippen molar-refractivity contribution in [1.29, 1.82) is 0 Å². The van der Waals surface area contributed by atoms with Gasteiger partial charge in [0.2, 0.25) is 6.71 Å². The second-order valence-corrected chi connectivity index (χ2v) is 13.3. The van der Waals surface area contributed by atoms with Gasteiger partial charge in [-0.15, -0.1) is 0 Å². The number of unbranched alkanes of at least 4 members (excludes halogenated alkanes) is 1. The van der Waals surface area contributed by atoms with E-state index in [-0.39, 0.29) is 5.16 Å². The molecule has 1 heterocycles. The number of hydrogen-bond acceptors (Lipinski definition) is 2. The molecular weight excluding hydrogens is 551 g/mol. The van der Waals surface area contributed by atoms with Crippen LogP contribution in [-0.4, -0.2) is 32.4 Å². The summed E-state index contributed by atoms with van der Waals surface area (Å²) in [5, 5.41) is 1.10. The van der Waals surface area contributed by atoms with Crippen molar-refractivity contribution in [2.45, 2.75) is 31.8 Å². The molecule has 0 bridgehead atoms. The van der Waals surface area contributed by atoms with Crippen LogP contribution in [-0.2, 0) is 5.16 Å². The molecule has 6 rings (SSSR count). The van der Waals surface area contributed by atoms with Crippen LogP contribution in [0.4, 0.5) is 0 Å². The first-order valence-electron chi connectivity index (χ1n) is 15.6. The van der Waals surface area contributed by atoms with Gasteiger partial charge < -0.3 is 9.30 Å². The van der Waals surface area contributed by atoms with E-state index in [1.165, 1.54) is 27.2 Å². The third kappa shape index (κ3) is 7.66. The summed E-state index contributed by atoms with van der Waals surface area (Å²) in [6.45, 7) is 5.68. The van der Waals surface area contributed by atoms with Gasteiger partial charge in [-0.05, 0) is 29.7 Å². The SMILES string of the molecule is CB(c1ccccc1)c1ccccc1.CCCCOc1cccc([SiH2]C(c2ccccc2)(c2ccccc2)n2ccnc2)c1. The molecule has 5 heteroatoms. The van der Waals surface area contributed by atoms with Gasteiger partial charge in [-0.2, -0.15) is 0 Å². The normalized spacial score (nSPS) is 11.1. The first-order chi connectivity index (χ1) is 21.7. The Bertz CT molecular complexity index is 1570. The van der Waals surface area contributed by atoms with Crippen LogP contribution in [0.5, 0.6) is 5.75 Å². The predicted octanol–water partition coefficient (Wildman–Crippen LogP) is 6.23. The molecule has 3 nitrogen and oxygen atoms in total. The van der Waals surface area contributed by atoms with Gasteiger partial charge >= 0.3 is 0 Å². The highest BCUT2D eigenvalue weighted by Gasteiger charge is 2.36. The number of nitrogens with zero attached hydrogens (tertiary/aromatic N) is 2. The fourth-order valence-electron chi connectivity index (χ4n) is 5.72. The number of ether oxygens (including phenoxy) is 1. The molecule has 5 aromatic carbocycles. The zero-order chi connectivity index (χ0) is 30.5.